The second-order valence-electron chi connectivity index (χ2n) is 2.72. The van der Waals surface area contributed by atoms with E-state index in [4.69, 9.17) is 10.2 Å². The van der Waals surface area contributed by atoms with Gasteiger partial charge in [-0.2, -0.15) is 0 Å². The average Bonchev–Trinajstić information content (AvgIpc) is 1.96. The Morgan fingerprint density at radius 2 is 2.00 bits per heavy atom. The Labute approximate surface area is 76.3 Å². The number of hydrogen-bond acceptors (Lipinski definition) is 5. The van der Waals surface area contributed by atoms with E-state index in [1.165, 1.54) is 6.92 Å². The highest BCUT2D eigenvalue weighted by atomic mass is 16.5. The van der Waals surface area contributed by atoms with Crippen molar-refractivity contribution < 1.29 is 24.5 Å². The second kappa shape index (κ2) is 6.56. The average molecular weight is 190 g/mol. The van der Waals surface area contributed by atoms with E-state index >= 15 is 0 Å². The molecule has 0 aliphatic rings. The molecule has 0 bridgehead atoms. The van der Waals surface area contributed by atoms with Crippen LogP contribution in [0.4, 0.5) is 0 Å². The molecule has 76 valence electrons. The van der Waals surface area contributed by atoms with Gasteiger partial charge in [0.1, 0.15) is 12.2 Å². The number of aliphatic hydroxyl groups excluding tert-OH is 1. The normalized spacial score (nSPS) is 10.2. The Morgan fingerprint density at radius 1 is 1.38 bits per heavy atom. The summed E-state index contributed by atoms with van der Waals surface area (Å²) in [4.78, 5) is 21.1. The third kappa shape index (κ3) is 8.97. The van der Waals surface area contributed by atoms with Gasteiger partial charge in [-0.3, -0.25) is 9.59 Å². The van der Waals surface area contributed by atoms with Crippen LogP contribution in [0, 0.1) is 0 Å². The molecule has 0 aliphatic carbocycles. The Bertz CT molecular complexity index is 175. The maximum absolute atomic E-state index is 10.7. The molecule has 5 nitrogen and oxygen atoms in total. The molecule has 0 rings (SSSR count). The van der Waals surface area contributed by atoms with Gasteiger partial charge in [0.05, 0.1) is 6.61 Å². The van der Waals surface area contributed by atoms with Crippen molar-refractivity contribution in [2.45, 2.75) is 32.5 Å². The van der Waals surface area contributed by atoms with E-state index in [0.29, 0.717) is 6.42 Å². The SMILES string of the molecule is CC(=O)CC(=O)OCCCC(O)O. The standard InChI is InChI=1S/C8H14O5/c1-6(9)5-8(12)13-4-2-3-7(10)11/h7,10-11H,2-5H2,1H3. The molecular weight excluding hydrogens is 176 g/mol. The molecular formula is C8H14O5. The summed E-state index contributed by atoms with van der Waals surface area (Å²) in [6, 6.07) is 0. The molecule has 0 radical (unpaired) electrons. The lowest BCUT2D eigenvalue weighted by molar-refractivity contribution is -0.146. The molecule has 0 aromatic rings. The summed E-state index contributed by atoms with van der Waals surface area (Å²) in [5.41, 5.74) is 0. The smallest absolute Gasteiger partial charge is 0.313 e. The molecule has 0 aromatic heterocycles. The number of carbonyl (C=O) groups excluding carboxylic acids is 2. The second-order valence-corrected chi connectivity index (χ2v) is 2.72. The maximum atomic E-state index is 10.7. The summed E-state index contributed by atoms with van der Waals surface area (Å²) in [7, 11) is 0. The number of carbonyl (C=O) groups is 2. The van der Waals surface area contributed by atoms with E-state index in [-0.39, 0.29) is 25.2 Å². The fourth-order valence-corrected chi connectivity index (χ4v) is 0.706. The van der Waals surface area contributed by atoms with Crippen molar-refractivity contribution in [3.8, 4) is 0 Å². The van der Waals surface area contributed by atoms with Crippen molar-refractivity contribution in [3.05, 3.63) is 0 Å². The fourth-order valence-electron chi connectivity index (χ4n) is 0.706. The fraction of sp³-hybridized carbons (Fsp3) is 0.750. The first-order chi connectivity index (χ1) is 6.02. The van der Waals surface area contributed by atoms with Gasteiger partial charge < -0.3 is 14.9 Å². The highest BCUT2D eigenvalue weighted by Gasteiger charge is 2.06. The topological polar surface area (TPSA) is 83.8 Å². The molecule has 0 amide bonds. The van der Waals surface area contributed by atoms with Crippen LogP contribution in [-0.4, -0.2) is 34.9 Å². The Balaban J connectivity index is 3.32. The third-order valence-electron chi connectivity index (χ3n) is 1.26. The molecule has 0 saturated heterocycles. The molecule has 0 fully saturated rings. The van der Waals surface area contributed by atoms with Crippen LogP contribution in [0.1, 0.15) is 26.2 Å². The van der Waals surface area contributed by atoms with Crippen LogP contribution in [0.2, 0.25) is 0 Å². The van der Waals surface area contributed by atoms with Gasteiger partial charge in [-0.1, -0.05) is 0 Å². The summed E-state index contributed by atoms with van der Waals surface area (Å²) < 4.78 is 4.62. The molecule has 0 atom stereocenters. The number of hydrogen-bond donors (Lipinski definition) is 2. The summed E-state index contributed by atoms with van der Waals surface area (Å²) in [6.07, 6.45) is -1.05. The van der Waals surface area contributed by atoms with Crippen molar-refractivity contribution in [1.82, 2.24) is 0 Å². The Hall–Kier alpha value is -0.940. The zero-order valence-corrected chi connectivity index (χ0v) is 7.52. The van der Waals surface area contributed by atoms with Gasteiger partial charge in [0.15, 0.2) is 6.29 Å². The molecule has 0 aliphatic heterocycles. The summed E-state index contributed by atoms with van der Waals surface area (Å²) in [5.74, 6) is -0.813. The lowest BCUT2D eigenvalue weighted by Crippen LogP contribution is -2.11. The minimum Gasteiger partial charge on any atom is -0.465 e. The molecule has 0 spiro atoms. The lowest BCUT2D eigenvalue weighted by atomic mass is 10.3. The van der Waals surface area contributed by atoms with Crippen LogP contribution in [0.3, 0.4) is 0 Å². The minimum atomic E-state index is -1.37. The van der Waals surface area contributed by atoms with Gasteiger partial charge in [-0.05, 0) is 13.3 Å². The number of ether oxygens (including phenoxy) is 1. The van der Waals surface area contributed by atoms with E-state index in [1.807, 2.05) is 0 Å². The highest BCUT2D eigenvalue weighted by molar-refractivity contribution is 5.94. The monoisotopic (exact) mass is 190 g/mol. The van der Waals surface area contributed by atoms with E-state index < -0.39 is 12.3 Å². The number of Topliss-reactive ketones (excluding diaryl/α,β-unsaturated/α-hetero) is 1. The first-order valence-corrected chi connectivity index (χ1v) is 4.03. The first-order valence-electron chi connectivity index (χ1n) is 4.03. The Morgan fingerprint density at radius 3 is 2.46 bits per heavy atom. The van der Waals surface area contributed by atoms with Crippen LogP contribution in [0.15, 0.2) is 0 Å². The third-order valence-corrected chi connectivity index (χ3v) is 1.26. The van der Waals surface area contributed by atoms with Crippen LogP contribution in [0.25, 0.3) is 0 Å². The summed E-state index contributed by atoms with van der Waals surface area (Å²) in [5, 5.41) is 16.8. The lowest BCUT2D eigenvalue weighted by Gasteiger charge is -2.04. The van der Waals surface area contributed by atoms with Gasteiger partial charge in [0.25, 0.3) is 0 Å². The van der Waals surface area contributed by atoms with Crippen molar-refractivity contribution in [2.75, 3.05) is 6.61 Å². The maximum Gasteiger partial charge on any atom is 0.313 e. The quantitative estimate of drug-likeness (QED) is 0.258. The molecule has 5 heteroatoms. The largest absolute Gasteiger partial charge is 0.465 e. The van der Waals surface area contributed by atoms with Crippen LogP contribution in [-0.2, 0) is 14.3 Å². The van der Waals surface area contributed by atoms with Crippen molar-refractivity contribution in [2.24, 2.45) is 0 Å². The van der Waals surface area contributed by atoms with Gasteiger partial charge in [0, 0.05) is 6.42 Å². The summed E-state index contributed by atoms with van der Waals surface area (Å²) >= 11 is 0. The molecule has 0 saturated carbocycles. The van der Waals surface area contributed by atoms with Gasteiger partial charge in [-0.15, -0.1) is 0 Å². The highest BCUT2D eigenvalue weighted by Crippen LogP contribution is 1.95. The van der Waals surface area contributed by atoms with E-state index in [0.717, 1.165) is 0 Å². The number of ketones is 1. The zero-order valence-electron chi connectivity index (χ0n) is 7.52. The number of esters is 1. The van der Waals surface area contributed by atoms with Crippen molar-refractivity contribution >= 4 is 11.8 Å². The van der Waals surface area contributed by atoms with E-state index in [1.54, 1.807) is 0 Å². The summed E-state index contributed by atoms with van der Waals surface area (Å²) in [6.45, 7) is 1.42. The van der Waals surface area contributed by atoms with Crippen LogP contribution in [0.5, 0.6) is 0 Å². The van der Waals surface area contributed by atoms with E-state index in [9.17, 15) is 9.59 Å². The van der Waals surface area contributed by atoms with Crippen molar-refractivity contribution in [3.63, 3.8) is 0 Å². The van der Waals surface area contributed by atoms with Crippen molar-refractivity contribution in [1.29, 1.82) is 0 Å². The minimum absolute atomic E-state index is 0.115. The molecule has 0 unspecified atom stereocenters. The predicted molar refractivity (Wildman–Crippen MR) is 43.7 cm³/mol. The number of aliphatic hydroxyl groups is 2. The number of rotatable bonds is 6. The first kappa shape index (κ1) is 12.1. The van der Waals surface area contributed by atoms with Gasteiger partial charge >= 0.3 is 5.97 Å². The van der Waals surface area contributed by atoms with Crippen LogP contribution >= 0.6 is 0 Å². The van der Waals surface area contributed by atoms with Crippen LogP contribution < -0.4 is 0 Å². The molecule has 0 heterocycles. The molecule has 13 heavy (non-hydrogen) atoms. The van der Waals surface area contributed by atoms with Gasteiger partial charge in [0.2, 0.25) is 0 Å². The molecule has 2 N–H and O–H groups in total. The Kier molecular flexibility index (Phi) is 6.09. The van der Waals surface area contributed by atoms with Gasteiger partial charge in [-0.25, -0.2) is 0 Å². The predicted octanol–water partition coefficient (Wildman–Crippen LogP) is -0.400. The molecule has 0 aromatic carbocycles. The zero-order chi connectivity index (χ0) is 10.3. The van der Waals surface area contributed by atoms with E-state index in [2.05, 4.69) is 4.74 Å².